The van der Waals surface area contributed by atoms with E-state index in [4.69, 9.17) is 22.2 Å². The number of ether oxygens (including phenoxy) is 1. The van der Waals surface area contributed by atoms with E-state index in [1.165, 1.54) is 0 Å². The van der Waals surface area contributed by atoms with E-state index in [0.717, 1.165) is 5.56 Å². The van der Waals surface area contributed by atoms with Crippen molar-refractivity contribution in [2.75, 3.05) is 5.43 Å². The zero-order valence-corrected chi connectivity index (χ0v) is 9.82. The van der Waals surface area contributed by atoms with Crippen LogP contribution in [-0.2, 0) is 6.61 Å². The molecule has 0 saturated heterocycles. The van der Waals surface area contributed by atoms with Crippen LogP contribution in [0.15, 0.2) is 42.6 Å². The molecule has 3 N–H and O–H groups in total. The SMILES string of the molecule is NNc1cc(COc2ccccc2Cl)ccn1. The Balaban J connectivity index is 2.05. The molecular weight excluding hydrogens is 238 g/mol. The minimum absolute atomic E-state index is 0.418. The highest BCUT2D eigenvalue weighted by Gasteiger charge is 2.01. The van der Waals surface area contributed by atoms with E-state index >= 15 is 0 Å². The summed E-state index contributed by atoms with van der Waals surface area (Å²) in [5.41, 5.74) is 3.45. The molecule has 88 valence electrons. The van der Waals surface area contributed by atoms with Crippen molar-refractivity contribution < 1.29 is 4.74 Å². The zero-order valence-electron chi connectivity index (χ0n) is 9.06. The van der Waals surface area contributed by atoms with Crippen LogP contribution < -0.4 is 16.0 Å². The van der Waals surface area contributed by atoms with E-state index in [0.29, 0.717) is 23.2 Å². The smallest absolute Gasteiger partial charge is 0.140 e. The third-order valence-electron chi connectivity index (χ3n) is 2.20. The third kappa shape index (κ3) is 3.09. The number of nitrogens with zero attached hydrogens (tertiary/aromatic N) is 1. The first-order chi connectivity index (χ1) is 8.29. The number of nitrogens with one attached hydrogen (secondary N) is 1. The number of nitrogen functional groups attached to an aromatic ring is 1. The maximum absolute atomic E-state index is 5.98. The number of hydrogen-bond donors (Lipinski definition) is 2. The highest BCUT2D eigenvalue weighted by molar-refractivity contribution is 6.32. The standard InChI is InChI=1S/C12H12ClN3O/c13-10-3-1-2-4-11(10)17-8-9-5-6-15-12(7-9)16-14/h1-7H,8,14H2,(H,15,16). The molecule has 0 fully saturated rings. The topological polar surface area (TPSA) is 60.2 Å². The van der Waals surface area contributed by atoms with Gasteiger partial charge in [-0.05, 0) is 29.8 Å². The average molecular weight is 250 g/mol. The highest BCUT2D eigenvalue weighted by atomic mass is 35.5. The Hall–Kier alpha value is -1.78. The molecule has 0 aliphatic carbocycles. The van der Waals surface area contributed by atoms with Crippen LogP contribution in [0.1, 0.15) is 5.56 Å². The zero-order chi connectivity index (χ0) is 12.1. The molecule has 17 heavy (non-hydrogen) atoms. The van der Waals surface area contributed by atoms with Gasteiger partial charge in [-0.1, -0.05) is 23.7 Å². The predicted octanol–water partition coefficient (Wildman–Crippen LogP) is 2.60. The third-order valence-corrected chi connectivity index (χ3v) is 2.52. The molecule has 0 saturated carbocycles. The summed E-state index contributed by atoms with van der Waals surface area (Å²) < 4.78 is 5.59. The number of aromatic nitrogens is 1. The fourth-order valence-electron chi connectivity index (χ4n) is 1.37. The van der Waals surface area contributed by atoms with Crippen molar-refractivity contribution in [3.8, 4) is 5.75 Å². The molecule has 0 aliphatic heterocycles. The van der Waals surface area contributed by atoms with Crippen LogP contribution in [0.2, 0.25) is 5.02 Å². The first-order valence-electron chi connectivity index (χ1n) is 5.08. The van der Waals surface area contributed by atoms with Gasteiger partial charge in [0.2, 0.25) is 0 Å². The van der Waals surface area contributed by atoms with Crippen molar-refractivity contribution in [1.29, 1.82) is 0 Å². The van der Waals surface area contributed by atoms with Gasteiger partial charge in [0.05, 0.1) is 5.02 Å². The Bertz CT molecular complexity index is 505. The second-order valence-electron chi connectivity index (χ2n) is 3.41. The van der Waals surface area contributed by atoms with E-state index in [1.54, 1.807) is 12.3 Å². The Morgan fingerprint density at radius 2 is 2.12 bits per heavy atom. The van der Waals surface area contributed by atoms with Gasteiger partial charge in [-0.25, -0.2) is 10.8 Å². The van der Waals surface area contributed by atoms with E-state index < -0.39 is 0 Å². The minimum atomic E-state index is 0.418. The Morgan fingerprint density at radius 1 is 1.29 bits per heavy atom. The molecule has 0 unspecified atom stereocenters. The van der Waals surface area contributed by atoms with Crippen molar-refractivity contribution in [3.05, 3.63) is 53.2 Å². The molecule has 4 nitrogen and oxygen atoms in total. The van der Waals surface area contributed by atoms with Crippen LogP contribution in [0, 0.1) is 0 Å². The lowest BCUT2D eigenvalue weighted by Crippen LogP contribution is -2.09. The maximum atomic E-state index is 5.98. The van der Waals surface area contributed by atoms with Crippen LogP contribution >= 0.6 is 11.6 Å². The van der Waals surface area contributed by atoms with Crippen LogP contribution in [0.3, 0.4) is 0 Å². The number of hydrazine groups is 1. The van der Waals surface area contributed by atoms with Crippen molar-refractivity contribution >= 4 is 17.4 Å². The number of rotatable bonds is 4. The van der Waals surface area contributed by atoms with Crippen molar-refractivity contribution in [2.24, 2.45) is 5.84 Å². The summed E-state index contributed by atoms with van der Waals surface area (Å²) in [6.07, 6.45) is 1.67. The lowest BCUT2D eigenvalue weighted by molar-refractivity contribution is 0.306. The number of pyridine rings is 1. The van der Waals surface area contributed by atoms with Gasteiger partial charge in [0.1, 0.15) is 18.2 Å². The Kier molecular flexibility index (Phi) is 3.80. The molecule has 5 heteroatoms. The van der Waals surface area contributed by atoms with Gasteiger partial charge in [0.25, 0.3) is 0 Å². The average Bonchev–Trinajstić information content (AvgIpc) is 2.38. The van der Waals surface area contributed by atoms with Gasteiger partial charge in [-0.3, -0.25) is 0 Å². The maximum Gasteiger partial charge on any atom is 0.140 e. The largest absolute Gasteiger partial charge is 0.487 e. The fourth-order valence-corrected chi connectivity index (χ4v) is 1.56. The number of para-hydroxylation sites is 1. The van der Waals surface area contributed by atoms with Gasteiger partial charge in [-0.2, -0.15) is 0 Å². The van der Waals surface area contributed by atoms with E-state index in [1.807, 2.05) is 30.3 Å². The molecular formula is C12H12ClN3O. The molecule has 0 aliphatic rings. The highest BCUT2D eigenvalue weighted by Crippen LogP contribution is 2.24. The normalized spacial score (nSPS) is 10.0. The van der Waals surface area contributed by atoms with E-state index in [-0.39, 0.29) is 0 Å². The van der Waals surface area contributed by atoms with Gasteiger partial charge >= 0.3 is 0 Å². The summed E-state index contributed by atoms with van der Waals surface area (Å²) in [5, 5.41) is 0.596. The number of hydrogen-bond acceptors (Lipinski definition) is 4. The van der Waals surface area contributed by atoms with E-state index in [2.05, 4.69) is 10.4 Å². The number of anilines is 1. The predicted molar refractivity (Wildman–Crippen MR) is 67.8 cm³/mol. The van der Waals surface area contributed by atoms with Gasteiger partial charge in [-0.15, -0.1) is 0 Å². The van der Waals surface area contributed by atoms with Gasteiger partial charge < -0.3 is 10.2 Å². The van der Waals surface area contributed by atoms with Crippen LogP contribution in [0.4, 0.5) is 5.82 Å². The Morgan fingerprint density at radius 3 is 2.88 bits per heavy atom. The second kappa shape index (κ2) is 5.52. The lowest BCUT2D eigenvalue weighted by Gasteiger charge is -2.08. The first kappa shape index (κ1) is 11.7. The van der Waals surface area contributed by atoms with Crippen molar-refractivity contribution in [3.63, 3.8) is 0 Å². The summed E-state index contributed by atoms with van der Waals surface area (Å²) in [5.74, 6) is 6.54. The van der Waals surface area contributed by atoms with Crippen molar-refractivity contribution in [2.45, 2.75) is 6.61 Å². The second-order valence-corrected chi connectivity index (χ2v) is 3.82. The summed E-state index contributed by atoms with van der Waals surface area (Å²) in [6, 6.07) is 11.0. The molecule has 0 bridgehead atoms. The summed E-state index contributed by atoms with van der Waals surface area (Å²) in [6.45, 7) is 0.418. The molecule has 1 heterocycles. The summed E-state index contributed by atoms with van der Waals surface area (Å²) in [4.78, 5) is 4.01. The minimum Gasteiger partial charge on any atom is -0.487 e. The molecule has 2 rings (SSSR count). The molecule has 1 aromatic heterocycles. The monoisotopic (exact) mass is 249 g/mol. The van der Waals surface area contributed by atoms with E-state index in [9.17, 15) is 0 Å². The lowest BCUT2D eigenvalue weighted by atomic mass is 10.3. The molecule has 0 spiro atoms. The number of halogens is 1. The summed E-state index contributed by atoms with van der Waals surface area (Å²) in [7, 11) is 0. The van der Waals surface area contributed by atoms with Crippen molar-refractivity contribution in [1.82, 2.24) is 4.98 Å². The van der Waals surface area contributed by atoms with Crippen LogP contribution in [-0.4, -0.2) is 4.98 Å². The molecule has 0 amide bonds. The van der Waals surface area contributed by atoms with Crippen LogP contribution in [0.5, 0.6) is 5.75 Å². The summed E-state index contributed by atoms with van der Waals surface area (Å²) >= 11 is 5.98. The molecule has 0 atom stereocenters. The molecule has 2 aromatic rings. The number of benzene rings is 1. The van der Waals surface area contributed by atoms with Gasteiger partial charge in [0.15, 0.2) is 0 Å². The molecule has 0 radical (unpaired) electrons. The Labute approximate surface area is 104 Å². The number of nitrogens with two attached hydrogens (primary N) is 1. The first-order valence-corrected chi connectivity index (χ1v) is 5.46. The quantitative estimate of drug-likeness (QED) is 0.646. The molecule has 1 aromatic carbocycles. The van der Waals surface area contributed by atoms with Crippen LogP contribution in [0.25, 0.3) is 0 Å². The van der Waals surface area contributed by atoms with Gasteiger partial charge in [0, 0.05) is 6.20 Å². The fraction of sp³-hybridized carbons (Fsp3) is 0.0833.